The predicted molar refractivity (Wildman–Crippen MR) is 96.7 cm³/mol. The van der Waals surface area contributed by atoms with Gasteiger partial charge in [-0.25, -0.2) is 9.67 Å². The molecule has 128 valence electrons. The number of hydrogen-bond donors (Lipinski definition) is 0. The van der Waals surface area contributed by atoms with Crippen LogP contribution in [0.3, 0.4) is 0 Å². The molecule has 0 radical (unpaired) electrons. The third kappa shape index (κ3) is 3.00. The van der Waals surface area contributed by atoms with Crippen LogP contribution in [0.2, 0.25) is 0 Å². The van der Waals surface area contributed by atoms with Crippen molar-refractivity contribution in [3.05, 3.63) is 35.7 Å². The molecular formula is C20H28N4. The Balaban J connectivity index is 1.51. The number of nitrogens with zero attached hydrogens (tertiary/aromatic N) is 4. The monoisotopic (exact) mass is 324 g/mol. The summed E-state index contributed by atoms with van der Waals surface area (Å²) in [4.78, 5) is 7.34. The van der Waals surface area contributed by atoms with E-state index >= 15 is 0 Å². The van der Waals surface area contributed by atoms with E-state index in [1.807, 2.05) is 11.7 Å². The van der Waals surface area contributed by atoms with E-state index in [1.54, 1.807) is 0 Å². The minimum atomic E-state index is 0.179. The molecule has 2 heterocycles. The van der Waals surface area contributed by atoms with Crippen LogP contribution in [0.4, 0.5) is 0 Å². The van der Waals surface area contributed by atoms with Crippen LogP contribution in [-0.4, -0.2) is 32.8 Å². The third-order valence-electron chi connectivity index (χ3n) is 5.66. The van der Waals surface area contributed by atoms with Gasteiger partial charge in [0.1, 0.15) is 0 Å². The molecule has 0 amide bonds. The summed E-state index contributed by atoms with van der Waals surface area (Å²) < 4.78 is 1.92. The molecule has 1 aliphatic heterocycles. The quantitative estimate of drug-likeness (QED) is 0.862. The summed E-state index contributed by atoms with van der Waals surface area (Å²) >= 11 is 0. The van der Waals surface area contributed by atoms with Crippen molar-refractivity contribution in [3.8, 4) is 11.4 Å². The zero-order valence-corrected chi connectivity index (χ0v) is 15.3. The topological polar surface area (TPSA) is 34.0 Å². The molecule has 0 unspecified atom stereocenters. The maximum atomic E-state index is 4.81. The van der Waals surface area contributed by atoms with Gasteiger partial charge in [0, 0.05) is 19.2 Å². The molecular weight excluding hydrogens is 296 g/mol. The van der Waals surface area contributed by atoms with Crippen LogP contribution in [0.25, 0.3) is 11.4 Å². The first-order valence-corrected chi connectivity index (χ1v) is 9.08. The van der Waals surface area contributed by atoms with Gasteiger partial charge >= 0.3 is 0 Å². The molecule has 1 aromatic heterocycles. The molecule has 2 fully saturated rings. The summed E-state index contributed by atoms with van der Waals surface area (Å²) in [5.74, 6) is 1.91. The Kier molecular flexibility index (Phi) is 3.57. The van der Waals surface area contributed by atoms with E-state index in [2.05, 4.69) is 55.0 Å². The molecule has 0 atom stereocenters. The Morgan fingerprint density at radius 2 is 1.79 bits per heavy atom. The smallest absolute Gasteiger partial charge is 0.165 e. The SMILES string of the molecule is Cn1nc(CN2CCC3(CC3)C2)nc1-c1ccc(C(C)(C)C)cc1. The fourth-order valence-corrected chi connectivity index (χ4v) is 3.82. The Hall–Kier alpha value is -1.68. The van der Waals surface area contributed by atoms with Gasteiger partial charge in [-0.1, -0.05) is 45.0 Å². The number of rotatable bonds is 3. The van der Waals surface area contributed by atoms with Crippen LogP contribution in [0.5, 0.6) is 0 Å². The fraction of sp³-hybridized carbons (Fsp3) is 0.600. The van der Waals surface area contributed by atoms with Crippen molar-refractivity contribution in [2.24, 2.45) is 12.5 Å². The minimum absolute atomic E-state index is 0.179. The molecule has 1 aliphatic carbocycles. The van der Waals surface area contributed by atoms with Gasteiger partial charge in [0.2, 0.25) is 0 Å². The van der Waals surface area contributed by atoms with Crippen molar-refractivity contribution in [2.45, 2.75) is 52.0 Å². The van der Waals surface area contributed by atoms with E-state index in [0.29, 0.717) is 5.41 Å². The lowest BCUT2D eigenvalue weighted by molar-refractivity contribution is 0.304. The van der Waals surface area contributed by atoms with E-state index < -0.39 is 0 Å². The Morgan fingerprint density at radius 3 is 2.38 bits per heavy atom. The molecule has 4 nitrogen and oxygen atoms in total. The van der Waals surface area contributed by atoms with Crippen molar-refractivity contribution in [3.63, 3.8) is 0 Å². The van der Waals surface area contributed by atoms with E-state index in [4.69, 9.17) is 4.98 Å². The van der Waals surface area contributed by atoms with Gasteiger partial charge in [-0.05, 0) is 42.2 Å². The minimum Gasteiger partial charge on any atom is -0.295 e. The molecule has 0 N–H and O–H groups in total. The van der Waals surface area contributed by atoms with Crippen LogP contribution >= 0.6 is 0 Å². The van der Waals surface area contributed by atoms with Crippen LogP contribution in [0.1, 0.15) is 51.4 Å². The highest BCUT2D eigenvalue weighted by Gasteiger charge is 2.47. The summed E-state index contributed by atoms with van der Waals surface area (Å²) in [5.41, 5.74) is 3.34. The molecule has 1 spiro atoms. The Bertz CT molecular complexity index is 732. The van der Waals surface area contributed by atoms with Crippen molar-refractivity contribution in [1.29, 1.82) is 0 Å². The normalized spacial score (nSPS) is 20.0. The van der Waals surface area contributed by atoms with E-state index in [9.17, 15) is 0 Å². The molecule has 0 bridgehead atoms. The van der Waals surface area contributed by atoms with Gasteiger partial charge in [-0.2, -0.15) is 5.10 Å². The molecule has 1 saturated carbocycles. The average Bonchev–Trinajstić information content (AvgIpc) is 3.01. The molecule has 1 aromatic carbocycles. The Morgan fingerprint density at radius 1 is 1.08 bits per heavy atom. The molecule has 1 saturated heterocycles. The van der Waals surface area contributed by atoms with Crippen molar-refractivity contribution >= 4 is 0 Å². The summed E-state index contributed by atoms with van der Waals surface area (Å²) in [6, 6.07) is 8.76. The zero-order chi connectivity index (χ0) is 16.9. The first-order valence-electron chi connectivity index (χ1n) is 9.08. The van der Waals surface area contributed by atoms with Gasteiger partial charge in [0.25, 0.3) is 0 Å². The van der Waals surface area contributed by atoms with Crippen LogP contribution in [0.15, 0.2) is 24.3 Å². The second-order valence-corrected chi connectivity index (χ2v) is 8.76. The van der Waals surface area contributed by atoms with E-state index in [1.165, 1.54) is 37.9 Å². The highest BCUT2D eigenvalue weighted by atomic mass is 15.3. The fourth-order valence-electron chi connectivity index (χ4n) is 3.82. The average molecular weight is 324 g/mol. The largest absolute Gasteiger partial charge is 0.295 e. The van der Waals surface area contributed by atoms with Crippen LogP contribution < -0.4 is 0 Å². The van der Waals surface area contributed by atoms with Gasteiger partial charge < -0.3 is 0 Å². The van der Waals surface area contributed by atoms with Crippen molar-refractivity contribution < 1.29 is 0 Å². The lowest BCUT2D eigenvalue weighted by Crippen LogP contribution is -2.21. The lowest BCUT2D eigenvalue weighted by atomic mass is 9.87. The summed E-state index contributed by atoms with van der Waals surface area (Å²) in [7, 11) is 2.00. The number of benzene rings is 1. The summed E-state index contributed by atoms with van der Waals surface area (Å²) in [6.07, 6.45) is 4.20. The first-order chi connectivity index (χ1) is 11.3. The highest BCUT2D eigenvalue weighted by Crippen LogP contribution is 2.52. The second kappa shape index (κ2) is 5.41. The maximum Gasteiger partial charge on any atom is 0.165 e. The molecule has 4 rings (SSSR count). The standard InChI is InChI=1S/C20H28N4/c1-19(2,3)16-7-5-15(6-8-16)18-21-17(22-23(18)4)13-24-12-11-20(14-24)9-10-20/h5-8H,9-14H2,1-4H3. The first kappa shape index (κ1) is 15.8. The molecule has 2 aliphatic rings. The van der Waals surface area contributed by atoms with Gasteiger partial charge in [0.15, 0.2) is 11.6 Å². The number of hydrogen-bond acceptors (Lipinski definition) is 3. The summed E-state index contributed by atoms with van der Waals surface area (Å²) in [6.45, 7) is 10.0. The van der Waals surface area contributed by atoms with Crippen molar-refractivity contribution in [2.75, 3.05) is 13.1 Å². The van der Waals surface area contributed by atoms with Gasteiger partial charge in [0.05, 0.1) is 6.54 Å². The third-order valence-corrected chi connectivity index (χ3v) is 5.66. The van der Waals surface area contributed by atoms with Gasteiger partial charge in [-0.3, -0.25) is 4.90 Å². The van der Waals surface area contributed by atoms with Gasteiger partial charge in [-0.15, -0.1) is 0 Å². The molecule has 2 aromatic rings. The van der Waals surface area contributed by atoms with Crippen LogP contribution in [-0.2, 0) is 19.0 Å². The van der Waals surface area contributed by atoms with Crippen LogP contribution in [0, 0.1) is 5.41 Å². The number of aromatic nitrogens is 3. The lowest BCUT2D eigenvalue weighted by Gasteiger charge is -2.19. The molecule has 4 heteroatoms. The van der Waals surface area contributed by atoms with E-state index in [0.717, 1.165) is 23.8 Å². The number of aryl methyl sites for hydroxylation is 1. The second-order valence-electron chi connectivity index (χ2n) is 8.76. The predicted octanol–water partition coefficient (Wildman–Crippen LogP) is 3.77. The molecule has 24 heavy (non-hydrogen) atoms. The van der Waals surface area contributed by atoms with E-state index in [-0.39, 0.29) is 5.41 Å². The maximum absolute atomic E-state index is 4.81. The highest BCUT2D eigenvalue weighted by molar-refractivity contribution is 5.56. The Labute approximate surface area is 144 Å². The zero-order valence-electron chi connectivity index (χ0n) is 15.3. The van der Waals surface area contributed by atoms with Crippen molar-refractivity contribution in [1.82, 2.24) is 19.7 Å². The summed E-state index contributed by atoms with van der Waals surface area (Å²) in [5, 5.41) is 4.65. The number of likely N-dealkylation sites (tertiary alicyclic amines) is 1.